The van der Waals surface area contributed by atoms with E-state index in [0.717, 1.165) is 22.4 Å². The van der Waals surface area contributed by atoms with Gasteiger partial charge >= 0.3 is 0 Å². The summed E-state index contributed by atoms with van der Waals surface area (Å²) in [6.07, 6.45) is 0.837. The Morgan fingerprint density at radius 2 is 1.69 bits per heavy atom. The Labute approximate surface area is 354 Å². The Hall–Kier alpha value is -6.90. The Balaban J connectivity index is 1.55. The van der Waals surface area contributed by atoms with Gasteiger partial charge in [-0.25, -0.2) is 9.97 Å². The highest BCUT2D eigenvalue weighted by Crippen LogP contribution is 2.39. The van der Waals surface area contributed by atoms with Crippen molar-refractivity contribution in [1.82, 2.24) is 36.1 Å². The Bertz CT molecular complexity index is 2310. The van der Waals surface area contributed by atoms with Crippen LogP contribution in [0.15, 0.2) is 60.7 Å². The van der Waals surface area contributed by atoms with Gasteiger partial charge in [0.25, 0.3) is 5.91 Å². The summed E-state index contributed by atoms with van der Waals surface area (Å²) in [5, 5.41) is 30.9. The van der Waals surface area contributed by atoms with Gasteiger partial charge in [-0.05, 0) is 81.1 Å². The zero-order valence-electron chi connectivity index (χ0n) is 34.9. The highest BCUT2D eigenvalue weighted by atomic mass is 16.5. The monoisotopic (exact) mass is 832 g/mol. The summed E-state index contributed by atoms with van der Waals surface area (Å²) in [7, 11) is 1.39. The van der Waals surface area contributed by atoms with Gasteiger partial charge in [0.05, 0.1) is 23.0 Å². The van der Waals surface area contributed by atoms with Crippen LogP contribution in [0, 0.1) is 25.2 Å². The molecule has 1 unspecified atom stereocenters. The first-order valence-corrected chi connectivity index (χ1v) is 20.0. The number of aromatic hydroxyl groups is 1. The number of nitrogens with two attached hydrogens (primary N) is 2. The lowest BCUT2D eigenvalue weighted by Gasteiger charge is -2.32. The van der Waals surface area contributed by atoms with Crippen molar-refractivity contribution in [3.63, 3.8) is 0 Å². The number of likely N-dealkylation sites (N-methyl/N-ethyl adjacent to an activating group) is 1. The molecule has 320 valence electrons. The SMILES string of the molecule is CCc1ccc(-c2nc(C)c(C(=O)NC(CCN)C(=O)N(C)[C@@H]3C(=O)N[C@@H](C)C(=O)N[C@H](C(=O)NCC#N)Cc4ccc(O)c(c4)-c4cc3ccc4OCCN)c(C)n2)cc1. The van der Waals surface area contributed by atoms with Crippen LogP contribution in [0.25, 0.3) is 22.5 Å². The largest absolute Gasteiger partial charge is 0.507 e. The third kappa shape index (κ3) is 10.7. The minimum Gasteiger partial charge on any atom is -0.507 e. The fraction of sp³-hybridized carbons (Fsp3) is 0.364. The number of carbonyl (C=O) groups excluding carboxylic acids is 5. The molecule has 0 aliphatic carbocycles. The first-order valence-electron chi connectivity index (χ1n) is 20.0. The predicted octanol–water partition coefficient (Wildman–Crippen LogP) is 1.87. The molecule has 4 atom stereocenters. The molecule has 9 N–H and O–H groups in total. The van der Waals surface area contributed by atoms with Gasteiger partial charge in [-0.3, -0.25) is 24.0 Å². The van der Waals surface area contributed by atoms with Crippen LogP contribution in [0.1, 0.15) is 64.7 Å². The molecule has 4 bridgehead atoms. The van der Waals surface area contributed by atoms with Crippen molar-refractivity contribution in [2.45, 2.75) is 71.1 Å². The average Bonchev–Trinajstić information content (AvgIpc) is 3.24. The Morgan fingerprint density at radius 3 is 2.33 bits per heavy atom. The first-order chi connectivity index (χ1) is 29.2. The van der Waals surface area contributed by atoms with Crippen LogP contribution in [0.2, 0.25) is 0 Å². The minimum atomic E-state index is -1.42. The Morgan fingerprint density at radius 1 is 0.984 bits per heavy atom. The molecular formula is C44H52N10O7. The lowest BCUT2D eigenvalue weighted by molar-refractivity contribution is -0.141. The second kappa shape index (κ2) is 20.4. The smallest absolute Gasteiger partial charge is 0.255 e. The summed E-state index contributed by atoms with van der Waals surface area (Å²) in [5.41, 5.74) is 16.1. The summed E-state index contributed by atoms with van der Waals surface area (Å²) in [6, 6.07) is 14.0. The molecule has 61 heavy (non-hydrogen) atoms. The average molecular weight is 833 g/mol. The van der Waals surface area contributed by atoms with Crippen molar-refractivity contribution in [1.29, 1.82) is 5.26 Å². The van der Waals surface area contributed by atoms with Crippen LogP contribution < -0.4 is 37.5 Å². The topological polar surface area (TPSA) is 268 Å². The quantitative estimate of drug-likeness (QED) is 0.0953. The first kappa shape index (κ1) is 45.2. The molecule has 4 aromatic rings. The summed E-state index contributed by atoms with van der Waals surface area (Å²) in [6.45, 7) is 6.81. The van der Waals surface area contributed by atoms with Gasteiger partial charge in [0.15, 0.2) is 5.82 Å². The molecule has 3 aromatic carbocycles. The molecule has 5 rings (SSSR count). The summed E-state index contributed by atoms with van der Waals surface area (Å²) < 4.78 is 5.97. The molecule has 5 amide bonds. The van der Waals surface area contributed by atoms with Crippen molar-refractivity contribution in [3.8, 4) is 40.1 Å². The van der Waals surface area contributed by atoms with E-state index in [4.69, 9.17) is 21.5 Å². The number of carbonyl (C=O) groups is 5. The van der Waals surface area contributed by atoms with Crippen molar-refractivity contribution in [2.24, 2.45) is 11.5 Å². The lowest BCUT2D eigenvalue weighted by atomic mass is 9.93. The number of hydrogen-bond donors (Lipinski definition) is 7. The number of nitriles is 1. The zero-order chi connectivity index (χ0) is 44.4. The van der Waals surface area contributed by atoms with Crippen LogP contribution in [0.4, 0.5) is 0 Å². The van der Waals surface area contributed by atoms with Gasteiger partial charge in [-0.15, -0.1) is 0 Å². The standard InChI is InChI=1S/C44H52N10O7/c1-6-27-7-10-29(11-8-27)39-49-24(2)37(25(3)50-39)42(58)52-33(15-16-45)44(60)54(5)38-30-12-14-36(61-20-18-47)32(23-30)31-21-28(9-13-35(31)55)22-34(41(57)48-19-17-46)53-40(56)26(4)51-43(38)59/h7-14,21,23,26,33-34,38,55H,6,15-16,18-20,22,45,47H2,1-5H3,(H,48,57)(H,51,59)(H,52,58)(H,53,56)/t26-,33?,34-,38-/m0/s1. The van der Waals surface area contributed by atoms with Gasteiger partial charge in [-0.1, -0.05) is 43.3 Å². The van der Waals surface area contributed by atoms with E-state index < -0.39 is 53.7 Å². The lowest BCUT2D eigenvalue weighted by Crippen LogP contribution is -2.56. The minimum absolute atomic E-state index is 0.00406. The summed E-state index contributed by atoms with van der Waals surface area (Å²) >= 11 is 0. The number of nitrogens with one attached hydrogen (secondary N) is 4. The number of phenolic OH excluding ortho intramolecular Hbond substituents is 1. The molecule has 0 saturated heterocycles. The van der Waals surface area contributed by atoms with Crippen LogP contribution in [-0.2, 0) is 32.0 Å². The van der Waals surface area contributed by atoms with Crippen molar-refractivity contribution < 1.29 is 33.8 Å². The number of aryl methyl sites for hydroxylation is 3. The normalized spacial score (nSPS) is 16.8. The van der Waals surface area contributed by atoms with Gasteiger partial charge in [0.2, 0.25) is 23.6 Å². The maximum atomic E-state index is 14.6. The van der Waals surface area contributed by atoms with Crippen LogP contribution in [-0.4, -0.2) is 101 Å². The molecule has 0 spiro atoms. The summed E-state index contributed by atoms with van der Waals surface area (Å²) in [4.78, 5) is 80.1. The highest BCUT2D eigenvalue weighted by Gasteiger charge is 2.36. The molecule has 17 nitrogen and oxygen atoms in total. The number of ether oxygens (including phenoxy) is 1. The number of rotatable bonds is 13. The molecule has 0 radical (unpaired) electrons. The third-order valence-electron chi connectivity index (χ3n) is 10.4. The fourth-order valence-corrected chi connectivity index (χ4v) is 7.14. The second-order valence-electron chi connectivity index (χ2n) is 14.7. The Kier molecular flexibility index (Phi) is 15.1. The van der Waals surface area contributed by atoms with Crippen molar-refractivity contribution in [2.75, 3.05) is 33.3 Å². The van der Waals surface area contributed by atoms with E-state index in [-0.39, 0.29) is 61.5 Å². The van der Waals surface area contributed by atoms with Crippen molar-refractivity contribution in [3.05, 3.63) is 94.3 Å². The molecule has 1 aliphatic rings. The third-order valence-corrected chi connectivity index (χ3v) is 10.4. The van der Waals surface area contributed by atoms with E-state index in [1.165, 1.54) is 20.0 Å². The van der Waals surface area contributed by atoms with E-state index in [0.29, 0.717) is 34.1 Å². The summed E-state index contributed by atoms with van der Waals surface area (Å²) in [5.74, 6) is -2.84. The van der Waals surface area contributed by atoms with Gasteiger partial charge < -0.3 is 47.5 Å². The highest BCUT2D eigenvalue weighted by molar-refractivity contribution is 6.00. The molecular weight excluding hydrogens is 781 g/mol. The number of hydrogen-bond acceptors (Lipinski definition) is 12. The molecule has 1 aromatic heterocycles. The van der Waals surface area contributed by atoms with Crippen LogP contribution >= 0.6 is 0 Å². The van der Waals surface area contributed by atoms with Gasteiger partial charge in [0, 0.05) is 36.7 Å². The molecule has 0 saturated carbocycles. The van der Waals surface area contributed by atoms with Crippen LogP contribution in [0.5, 0.6) is 11.5 Å². The van der Waals surface area contributed by atoms with E-state index in [1.54, 1.807) is 44.2 Å². The molecule has 17 heteroatoms. The molecule has 0 fully saturated rings. The van der Waals surface area contributed by atoms with E-state index in [2.05, 4.69) is 38.2 Å². The number of fused-ring (bicyclic) bond motifs is 5. The fourth-order valence-electron chi connectivity index (χ4n) is 7.14. The van der Waals surface area contributed by atoms with Gasteiger partial charge in [0.1, 0.15) is 48.8 Å². The zero-order valence-corrected chi connectivity index (χ0v) is 34.9. The maximum Gasteiger partial charge on any atom is 0.255 e. The number of benzene rings is 3. The van der Waals surface area contributed by atoms with E-state index in [1.807, 2.05) is 30.3 Å². The number of aromatic nitrogens is 2. The molecule has 2 heterocycles. The number of nitrogens with zero attached hydrogens (tertiary/aromatic N) is 4. The maximum absolute atomic E-state index is 14.6. The van der Waals surface area contributed by atoms with Gasteiger partial charge in [-0.2, -0.15) is 5.26 Å². The molecule has 1 aliphatic heterocycles. The predicted molar refractivity (Wildman–Crippen MR) is 227 cm³/mol. The van der Waals surface area contributed by atoms with Crippen LogP contribution in [0.3, 0.4) is 0 Å². The second-order valence-corrected chi connectivity index (χ2v) is 14.7. The number of phenols is 1. The van der Waals surface area contributed by atoms with E-state index >= 15 is 0 Å². The van der Waals surface area contributed by atoms with E-state index in [9.17, 15) is 29.1 Å². The number of amides is 5. The van der Waals surface area contributed by atoms with Crippen molar-refractivity contribution >= 4 is 29.5 Å².